The highest BCUT2D eigenvalue weighted by atomic mass is 16.6. The summed E-state index contributed by atoms with van der Waals surface area (Å²) in [6.45, 7) is 0. The van der Waals surface area contributed by atoms with E-state index in [9.17, 15) is 19.7 Å². The lowest BCUT2D eigenvalue weighted by molar-refractivity contribution is -0.384. The Morgan fingerprint density at radius 3 is 2.39 bits per heavy atom. The lowest BCUT2D eigenvalue weighted by Gasteiger charge is -2.37. The summed E-state index contributed by atoms with van der Waals surface area (Å²) >= 11 is 0. The second kappa shape index (κ2) is 7.19. The van der Waals surface area contributed by atoms with Crippen molar-refractivity contribution >= 4 is 23.7 Å². The number of hydrogen-bond donors (Lipinski definition) is 0. The van der Waals surface area contributed by atoms with Crippen LogP contribution >= 0.6 is 0 Å². The van der Waals surface area contributed by atoms with E-state index in [1.807, 2.05) is 12.2 Å². The number of furan rings is 1. The molecular formula is C22H19N3O6. The van der Waals surface area contributed by atoms with E-state index >= 15 is 0 Å². The molecule has 2 bridgehead atoms. The van der Waals surface area contributed by atoms with E-state index in [-0.39, 0.29) is 58.3 Å². The number of hydrazone groups is 1. The highest BCUT2D eigenvalue weighted by Crippen LogP contribution is 2.49. The van der Waals surface area contributed by atoms with Gasteiger partial charge in [-0.2, -0.15) is 10.1 Å². The predicted molar refractivity (Wildman–Crippen MR) is 109 cm³/mol. The number of allylic oxidation sites excluding steroid dienone is 2. The first kappa shape index (κ1) is 19.2. The molecule has 0 radical (unpaired) electrons. The van der Waals surface area contributed by atoms with Crippen molar-refractivity contribution < 1.29 is 23.7 Å². The number of hydrogen-bond acceptors (Lipinski definition) is 7. The summed E-state index contributed by atoms with van der Waals surface area (Å²) in [4.78, 5) is 36.5. The van der Waals surface area contributed by atoms with Gasteiger partial charge in [0, 0.05) is 0 Å². The standard InChI is InChI=1S/C22H19N3O6/c1-30-14-6-8-16(17(10-14)25(28)29)18-9-7-15(31-18)11-23-24-21(26)19-12-2-3-13(5-4-12)20(19)22(24)27/h2-3,6-13,19-20H,4-5H2,1H3/b23-11-/t12-,13-,19+,20+/m1/s1. The second-order valence-electron chi connectivity index (χ2n) is 7.92. The van der Waals surface area contributed by atoms with Crippen molar-refractivity contribution in [2.45, 2.75) is 12.8 Å². The minimum absolute atomic E-state index is 0.0949. The summed E-state index contributed by atoms with van der Waals surface area (Å²) in [6, 6.07) is 7.61. The van der Waals surface area contributed by atoms with Gasteiger partial charge in [0.15, 0.2) is 0 Å². The Hall–Kier alpha value is -3.75. The van der Waals surface area contributed by atoms with Crippen LogP contribution in [0.25, 0.3) is 11.3 Å². The number of methoxy groups -OCH3 is 1. The molecule has 1 aliphatic heterocycles. The van der Waals surface area contributed by atoms with E-state index in [1.54, 1.807) is 18.2 Å². The maximum Gasteiger partial charge on any atom is 0.284 e. The van der Waals surface area contributed by atoms with Gasteiger partial charge in [0.25, 0.3) is 17.5 Å². The van der Waals surface area contributed by atoms with Crippen LogP contribution in [0.3, 0.4) is 0 Å². The SMILES string of the molecule is COc1ccc(-c2ccc(/C=N\N3C(=O)[C@@H]4[C@@H](C3=O)[C@@H]3C=C[C@@H]4CC3)o2)c([N+](=O)[O-])c1. The summed E-state index contributed by atoms with van der Waals surface area (Å²) in [7, 11) is 1.43. The molecule has 2 aromatic rings. The monoisotopic (exact) mass is 421 g/mol. The maximum atomic E-state index is 12.8. The lowest BCUT2D eigenvalue weighted by Crippen LogP contribution is -2.38. The molecule has 9 heteroatoms. The molecule has 158 valence electrons. The van der Waals surface area contributed by atoms with Crippen molar-refractivity contribution in [3.05, 3.63) is 58.4 Å². The van der Waals surface area contributed by atoms with E-state index in [0.717, 1.165) is 17.9 Å². The van der Waals surface area contributed by atoms with E-state index in [1.165, 1.54) is 25.5 Å². The van der Waals surface area contributed by atoms with Crippen molar-refractivity contribution in [2.75, 3.05) is 7.11 Å². The molecular weight excluding hydrogens is 402 g/mol. The van der Waals surface area contributed by atoms with E-state index in [0.29, 0.717) is 5.75 Å². The van der Waals surface area contributed by atoms with Crippen molar-refractivity contribution in [3.8, 4) is 17.1 Å². The molecule has 31 heavy (non-hydrogen) atoms. The van der Waals surface area contributed by atoms with Crippen LogP contribution in [0.1, 0.15) is 18.6 Å². The van der Waals surface area contributed by atoms with Crippen molar-refractivity contribution in [2.24, 2.45) is 28.8 Å². The Balaban J connectivity index is 1.39. The van der Waals surface area contributed by atoms with Gasteiger partial charge >= 0.3 is 0 Å². The van der Waals surface area contributed by atoms with Crippen molar-refractivity contribution in [3.63, 3.8) is 0 Å². The number of fused-ring (bicyclic) bond motifs is 1. The molecule has 9 nitrogen and oxygen atoms in total. The molecule has 1 aromatic carbocycles. The summed E-state index contributed by atoms with van der Waals surface area (Å²) < 4.78 is 10.7. The average molecular weight is 421 g/mol. The fraction of sp³-hybridized carbons (Fsp3) is 0.318. The number of nitrogens with zero attached hydrogens (tertiary/aromatic N) is 3. The zero-order valence-electron chi connectivity index (χ0n) is 16.6. The zero-order chi connectivity index (χ0) is 21.7. The van der Waals surface area contributed by atoms with Gasteiger partial charge in [0.1, 0.15) is 17.3 Å². The quantitative estimate of drug-likeness (QED) is 0.240. The molecule has 0 N–H and O–H groups in total. The number of imide groups is 1. The molecule has 1 saturated heterocycles. The third-order valence-corrected chi connectivity index (χ3v) is 6.33. The van der Waals surface area contributed by atoms with Crippen LogP contribution in [0, 0.1) is 33.8 Å². The summed E-state index contributed by atoms with van der Waals surface area (Å²) in [5, 5.41) is 16.5. The zero-order valence-corrected chi connectivity index (χ0v) is 16.6. The fourth-order valence-corrected chi connectivity index (χ4v) is 4.85. The van der Waals surface area contributed by atoms with E-state index in [2.05, 4.69) is 5.10 Å². The third-order valence-electron chi connectivity index (χ3n) is 6.33. The van der Waals surface area contributed by atoms with Crippen LogP contribution in [0.2, 0.25) is 0 Å². The number of carbonyl (C=O) groups is 2. The maximum absolute atomic E-state index is 12.8. The van der Waals surface area contributed by atoms with Gasteiger partial charge in [-0.25, -0.2) is 0 Å². The summed E-state index contributed by atoms with van der Waals surface area (Å²) in [5.74, 6) is -0.118. The number of ether oxygens (including phenoxy) is 1. The van der Waals surface area contributed by atoms with Gasteiger partial charge < -0.3 is 9.15 Å². The molecule has 2 fully saturated rings. The second-order valence-corrected chi connectivity index (χ2v) is 7.92. The molecule has 2 amide bonds. The smallest absolute Gasteiger partial charge is 0.284 e. The van der Waals surface area contributed by atoms with E-state index in [4.69, 9.17) is 9.15 Å². The number of rotatable bonds is 5. The minimum atomic E-state index is -0.514. The Kier molecular flexibility index (Phi) is 4.46. The molecule has 3 aliphatic carbocycles. The first-order valence-corrected chi connectivity index (χ1v) is 10.0. The molecule has 0 unspecified atom stereocenters. The third kappa shape index (κ3) is 3.04. The highest BCUT2D eigenvalue weighted by molar-refractivity contribution is 6.06. The largest absolute Gasteiger partial charge is 0.497 e. The van der Waals surface area contributed by atoms with Gasteiger partial charge in [-0.05, 0) is 48.9 Å². The van der Waals surface area contributed by atoms with Gasteiger partial charge in [-0.1, -0.05) is 12.2 Å². The van der Waals surface area contributed by atoms with Crippen LogP contribution in [0.4, 0.5) is 5.69 Å². The Labute approximate surface area is 177 Å². The van der Waals surface area contributed by atoms with Gasteiger partial charge in [-0.15, -0.1) is 0 Å². The first-order valence-electron chi connectivity index (χ1n) is 10.0. The Morgan fingerprint density at radius 2 is 1.81 bits per heavy atom. The molecule has 1 saturated carbocycles. The Bertz CT molecular complexity index is 1120. The minimum Gasteiger partial charge on any atom is -0.497 e. The number of benzene rings is 1. The number of nitro groups is 1. The topological polar surface area (TPSA) is 115 Å². The number of carbonyl (C=O) groups excluding carboxylic acids is 2. The van der Waals surface area contributed by atoms with Crippen molar-refractivity contribution in [1.29, 1.82) is 0 Å². The molecule has 2 heterocycles. The summed E-state index contributed by atoms with van der Waals surface area (Å²) in [6.07, 6.45) is 7.23. The van der Waals surface area contributed by atoms with Gasteiger partial charge in [-0.3, -0.25) is 19.7 Å². The predicted octanol–water partition coefficient (Wildman–Crippen LogP) is 3.39. The van der Waals surface area contributed by atoms with Crippen LogP contribution in [-0.4, -0.2) is 35.1 Å². The van der Waals surface area contributed by atoms with Gasteiger partial charge in [0.05, 0.1) is 41.7 Å². The van der Waals surface area contributed by atoms with Gasteiger partial charge in [0.2, 0.25) is 0 Å². The fourth-order valence-electron chi connectivity index (χ4n) is 4.85. The molecule has 6 rings (SSSR count). The molecule has 1 aromatic heterocycles. The summed E-state index contributed by atoms with van der Waals surface area (Å²) in [5.41, 5.74) is 0.126. The highest BCUT2D eigenvalue weighted by Gasteiger charge is 2.56. The first-order chi connectivity index (χ1) is 15.0. The van der Waals surface area contributed by atoms with Crippen LogP contribution < -0.4 is 4.74 Å². The number of amides is 2. The van der Waals surface area contributed by atoms with E-state index < -0.39 is 4.92 Å². The normalized spacial score (nSPS) is 26.7. The van der Waals surface area contributed by atoms with Crippen LogP contribution in [0.15, 0.2) is 52.0 Å². The van der Waals surface area contributed by atoms with Crippen LogP contribution in [0.5, 0.6) is 5.75 Å². The van der Waals surface area contributed by atoms with Crippen molar-refractivity contribution in [1.82, 2.24) is 5.01 Å². The molecule has 4 atom stereocenters. The number of nitro benzene ring substituents is 1. The average Bonchev–Trinajstić information content (AvgIpc) is 3.36. The lowest BCUT2D eigenvalue weighted by atomic mass is 9.63. The Morgan fingerprint density at radius 1 is 1.13 bits per heavy atom. The molecule has 0 spiro atoms. The van der Waals surface area contributed by atoms with Crippen LogP contribution in [-0.2, 0) is 9.59 Å². The molecule has 4 aliphatic rings.